The predicted octanol–water partition coefficient (Wildman–Crippen LogP) is 4.33. The second kappa shape index (κ2) is 8.93. The number of hydrogen-bond acceptors (Lipinski definition) is 4. The summed E-state index contributed by atoms with van der Waals surface area (Å²) in [7, 11) is -3.50. The molecule has 4 rings (SSSR count). The fraction of sp³-hybridized carbons (Fsp3) is 0.417. The highest BCUT2D eigenvalue weighted by molar-refractivity contribution is 7.89. The normalized spacial score (nSPS) is 22.1. The summed E-state index contributed by atoms with van der Waals surface area (Å²) in [6, 6.07) is 10.5. The van der Waals surface area contributed by atoms with E-state index in [0.717, 1.165) is 29.7 Å². The number of H-pyrrole nitrogens is 1. The molecule has 3 atom stereocenters. The molecule has 0 saturated heterocycles. The van der Waals surface area contributed by atoms with E-state index in [1.54, 1.807) is 36.7 Å². The number of hydrogen-bond donors (Lipinski definition) is 2. The number of pyridine rings is 1. The predicted molar refractivity (Wildman–Crippen MR) is 123 cm³/mol. The molecule has 1 aromatic carbocycles. The topological polar surface area (TPSA) is 87.7 Å². The number of aromatic nitrogens is 3. The number of sulfonamides is 1. The van der Waals surface area contributed by atoms with Crippen molar-refractivity contribution in [2.75, 3.05) is 6.54 Å². The van der Waals surface area contributed by atoms with Gasteiger partial charge in [-0.25, -0.2) is 18.1 Å². The van der Waals surface area contributed by atoms with Crippen molar-refractivity contribution in [3.63, 3.8) is 0 Å². The van der Waals surface area contributed by atoms with Crippen LogP contribution in [0.15, 0.2) is 65.3 Å². The zero-order chi connectivity index (χ0) is 22.0. The Balaban J connectivity index is 1.49. The lowest BCUT2D eigenvalue weighted by atomic mass is 9.70. The second-order valence-electron chi connectivity index (χ2n) is 8.86. The average Bonchev–Trinajstić information content (AvgIpc) is 3.16. The van der Waals surface area contributed by atoms with E-state index in [4.69, 9.17) is 4.98 Å². The summed E-state index contributed by atoms with van der Waals surface area (Å²) >= 11 is 0. The van der Waals surface area contributed by atoms with Crippen LogP contribution in [0.25, 0.3) is 11.0 Å². The van der Waals surface area contributed by atoms with Crippen LogP contribution < -0.4 is 4.72 Å². The van der Waals surface area contributed by atoms with Crippen LogP contribution in [0.2, 0.25) is 0 Å². The van der Waals surface area contributed by atoms with E-state index >= 15 is 0 Å². The lowest BCUT2D eigenvalue weighted by molar-refractivity contribution is 0.227. The van der Waals surface area contributed by atoms with Crippen LogP contribution in [0.1, 0.15) is 33.0 Å². The Morgan fingerprint density at radius 1 is 1.19 bits per heavy atom. The first-order valence-corrected chi connectivity index (χ1v) is 12.3. The van der Waals surface area contributed by atoms with Crippen LogP contribution in [0.3, 0.4) is 0 Å². The van der Waals surface area contributed by atoms with Crippen LogP contribution in [-0.4, -0.2) is 29.9 Å². The average molecular weight is 439 g/mol. The number of fused-ring (bicyclic) bond motifs is 1. The molecule has 0 saturated carbocycles. The number of imidazole rings is 1. The zero-order valence-corrected chi connectivity index (χ0v) is 19.1. The van der Waals surface area contributed by atoms with Crippen molar-refractivity contribution in [1.82, 2.24) is 19.7 Å². The summed E-state index contributed by atoms with van der Waals surface area (Å²) in [6.45, 7) is 7.02. The number of nitrogens with zero attached hydrogens (tertiary/aromatic N) is 2. The molecule has 0 spiro atoms. The van der Waals surface area contributed by atoms with Crippen molar-refractivity contribution < 1.29 is 8.42 Å². The van der Waals surface area contributed by atoms with E-state index in [9.17, 15) is 8.42 Å². The number of aromatic amines is 1. The molecule has 0 aliphatic heterocycles. The van der Waals surface area contributed by atoms with Crippen molar-refractivity contribution in [1.29, 1.82) is 0 Å². The van der Waals surface area contributed by atoms with Gasteiger partial charge in [-0.05, 0) is 55.2 Å². The molecule has 0 bridgehead atoms. The highest BCUT2D eigenvalue weighted by Crippen LogP contribution is 2.38. The van der Waals surface area contributed by atoms with Gasteiger partial charge in [0.1, 0.15) is 5.82 Å². The highest BCUT2D eigenvalue weighted by Gasteiger charge is 2.32. The van der Waals surface area contributed by atoms with E-state index in [1.807, 2.05) is 12.1 Å². The maximum Gasteiger partial charge on any atom is 0.240 e. The SMILES string of the molecule is CC1=C[C@@H](CNS(=O)(=O)c2ccccc2)[C@H](C(C)C)C[C@H]1Cc1nc2ccncc2[nH]1. The smallest absolute Gasteiger partial charge is 0.240 e. The Labute approximate surface area is 184 Å². The van der Waals surface area contributed by atoms with Crippen LogP contribution in [0.5, 0.6) is 0 Å². The van der Waals surface area contributed by atoms with Gasteiger partial charge >= 0.3 is 0 Å². The first-order valence-electron chi connectivity index (χ1n) is 10.8. The van der Waals surface area contributed by atoms with E-state index in [1.165, 1.54) is 5.57 Å². The molecule has 2 heterocycles. The maximum absolute atomic E-state index is 12.7. The molecule has 3 aromatic rings. The quantitative estimate of drug-likeness (QED) is 0.537. The van der Waals surface area contributed by atoms with Crippen LogP contribution >= 0.6 is 0 Å². The molecule has 1 aliphatic rings. The Kier molecular flexibility index (Phi) is 6.25. The zero-order valence-electron chi connectivity index (χ0n) is 18.2. The number of allylic oxidation sites excluding steroid dienone is 1. The lowest BCUT2D eigenvalue weighted by Crippen LogP contribution is -2.37. The van der Waals surface area contributed by atoms with Crippen LogP contribution in [0.4, 0.5) is 0 Å². The number of nitrogens with one attached hydrogen (secondary N) is 2. The Hall–Kier alpha value is -2.51. The largest absolute Gasteiger partial charge is 0.341 e. The molecule has 0 unspecified atom stereocenters. The molecule has 0 radical (unpaired) electrons. The third-order valence-corrected chi connectivity index (χ3v) is 7.86. The van der Waals surface area contributed by atoms with Gasteiger partial charge in [-0.15, -0.1) is 0 Å². The molecular weight excluding hydrogens is 408 g/mol. The van der Waals surface area contributed by atoms with Crippen LogP contribution in [0, 0.1) is 23.7 Å². The van der Waals surface area contributed by atoms with Crippen molar-refractivity contribution >= 4 is 21.1 Å². The van der Waals surface area contributed by atoms with E-state index < -0.39 is 10.0 Å². The molecule has 0 amide bonds. The summed E-state index contributed by atoms with van der Waals surface area (Å²) in [5.41, 5.74) is 3.21. The van der Waals surface area contributed by atoms with Crippen LogP contribution in [-0.2, 0) is 16.4 Å². The minimum atomic E-state index is -3.50. The van der Waals surface area contributed by atoms with Gasteiger partial charge in [0, 0.05) is 19.2 Å². The third kappa shape index (κ3) is 4.88. The van der Waals surface area contributed by atoms with Gasteiger partial charge < -0.3 is 4.98 Å². The molecule has 6 nitrogen and oxygen atoms in total. The summed E-state index contributed by atoms with van der Waals surface area (Å²) in [4.78, 5) is 12.6. The fourth-order valence-corrected chi connectivity index (χ4v) is 5.73. The number of rotatable bonds is 7. The number of benzene rings is 1. The summed E-state index contributed by atoms with van der Waals surface area (Å²) in [5.74, 6) is 2.40. The molecule has 1 aliphatic carbocycles. The van der Waals surface area contributed by atoms with Crippen molar-refractivity contribution in [2.24, 2.45) is 23.7 Å². The summed E-state index contributed by atoms with van der Waals surface area (Å²) < 4.78 is 28.2. The standard InChI is InChI=1S/C24H30N4O2S/c1-16(2)21-12-18(13-24-27-22-9-10-25-15-23(22)28-24)17(3)11-19(21)14-26-31(29,30)20-7-5-4-6-8-20/h4-11,15-16,18-19,21,26H,12-14H2,1-3H3,(H,27,28)/t18-,19-,21-/m0/s1. The van der Waals surface area contributed by atoms with Gasteiger partial charge in [0.15, 0.2) is 0 Å². The second-order valence-corrected chi connectivity index (χ2v) is 10.6. The monoisotopic (exact) mass is 438 g/mol. The Morgan fingerprint density at radius 3 is 2.68 bits per heavy atom. The van der Waals surface area contributed by atoms with Gasteiger partial charge in [-0.2, -0.15) is 0 Å². The Morgan fingerprint density at radius 2 is 1.97 bits per heavy atom. The van der Waals surface area contributed by atoms with Gasteiger partial charge in [0.05, 0.1) is 22.1 Å². The summed E-state index contributed by atoms with van der Waals surface area (Å²) in [5, 5.41) is 0. The van der Waals surface area contributed by atoms with Gasteiger partial charge in [0.25, 0.3) is 0 Å². The third-order valence-electron chi connectivity index (χ3n) is 6.42. The molecule has 7 heteroatoms. The molecule has 2 N–H and O–H groups in total. The minimum Gasteiger partial charge on any atom is -0.341 e. The minimum absolute atomic E-state index is 0.176. The van der Waals surface area contributed by atoms with Gasteiger partial charge in [-0.1, -0.05) is 43.7 Å². The summed E-state index contributed by atoms with van der Waals surface area (Å²) in [6.07, 6.45) is 7.71. The highest BCUT2D eigenvalue weighted by atomic mass is 32.2. The lowest BCUT2D eigenvalue weighted by Gasteiger charge is -2.37. The molecule has 0 fully saturated rings. The van der Waals surface area contributed by atoms with E-state index in [2.05, 4.69) is 41.5 Å². The molecular formula is C24H30N4O2S. The Bertz CT molecular complexity index is 1140. The first-order chi connectivity index (χ1) is 14.8. The van der Waals surface area contributed by atoms with Crippen molar-refractivity contribution in [2.45, 2.75) is 38.5 Å². The van der Waals surface area contributed by atoms with E-state index in [0.29, 0.717) is 29.2 Å². The fourth-order valence-electron chi connectivity index (χ4n) is 4.64. The van der Waals surface area contributed by atoms with Gasteiger partial charge in [0.2, 0.25) is 10.0 Å². The molecule has 164 valence electrons. The molecule has 2 aromatic heterocycles. The van der Waals surface area contributed by atoms with Crippen molar-refractivity contribution in [3.05, 3.63) is 66.3 Å². The maximum atomic E-state index is 12.7. The van der Waals surface area contributed by atoms with Gasteiger partial charge in [-0.3, -0.25) is 4.98 Å². The van der Waals surface area contributed by atoms with E-state index in [-0.39, 0.29) is 5.92 Å². The molecule has 31 heavy (non-hydrogen) atoms. The van der Waals surface area contributed by atoms with Crippen molar-refractivity contribution in [3.8, 4) is 0 Å². The first kappa shape index (κ1) is 21.7.